The van der Waals surface area contributed by atoms with E-state index in [9.17, 15) is 9.18 Å². The second-order valence-electron chi connectivity index (χ2n) is 2.55. The van der Waals surface area contributed by atoms with Crippen LogP contribution >= 0.6 is 0 Å². The van der Waals surface area contributed by atoms with Crippen LogP contribution in [0.1, 0.15) is 13.8 Å². The quantitative estimate of drug-likeness (QED) is 0.610. The van der Waals surface area contributed by atoms with Gasteiger partial charge in [0.25, 0.3) is 0 Å². The molecular weight excluding hydrogens is 137 g/mol. The van der Waals surface area contributed by atoms with E-state index in [0.29, 0.717) is 0 Å². The number of nitrogens with two attached hydrogens (primary N) is 1. The van der Waals surface area contributed by atoms with E-state index in [2.05, 4.69) is 0 Å². The van der Waals surface area contributed by atoms with Gasteiger partial charge in [-0.05, 0) is 5.92 Å². The average molecular weight is 149 g/mol. The summed E-state index contributed by atoms with van der Waals surface area (Å²) in [5, 5.41) is 8.24. The van der Waals surface area contributed by atoms with E-state index in [1.54, 1.807) is 13.8 Å². The summed E-state index contributed by atoms with van der Waals surface area (Å²) in [5.74, 6) is -1.63. The summed E-state index contributed by atoms with van der Waals surface area (Å²) in [6, 6.07) is -1.39. The Labute approximate surface area is 59.0 Å². The fourth-order valence-corrected chi connectivity index (χ4v) is 0.551. The molecule has 0 unspecified atom stereocenters. The summed E-state index contributed by atoms with van der Waals surface area (Å²) in [6.07, 6.45) is -1.46. The predicted octanol–water partition coefficient (Wildman–Crippen LogP) is 0.392. The van der Waals surface area contributed by atoms with Gasteiger partial charge in [-0.2, -0.15) is 0 Å². The maximum Gasteiger partial charge on any atom is 0.323 e. The molecular formula is C6H12FNO2. The highest BCUT2D eigenvalue weighted by molar-refractivity contribution is 5.73. The smallest absolute Gasteiger partial charge is 0.323 e. The van der Waals surface area contributed by atoms with Gasteiger partial charge in [-0.15, -0.1) is 0 Å². The van der Waals surface area contributed by atoms with Gasteiger partial charge in [0.15, 0.2) is 0 Å². The van der Waals surface area contributed by atoms with E-state index >= 15 is 0 Å². The molecule has 2 atom stereocenters. The maximum atomic E-state index is 12.7. The van der Waals surface area contributed by atoms with Gasteiger partial charge in [0.2, 0.25) is 0 Å². The van der Waals surface area contributed by atoms with Crippen molar-refractivity contribution in [3.05, 3.63) is 0 Å². The minimum absolute atomic E-state index is 0.342. The number of carboxylic acids is 1. The molecule has 0 aromatic carbocycles. The molecule has 0 saturated heterocycles. The molecule has 60 valence electrons. The Hall–Kier alpha value is -0.640. The van der Waals surface area contributed by atoms with E-state index in [1.165, 1.54) is 0 Å². The first-order valence-electron chi connectivity index (χ1n) is 3.09. The molecule has 3 N–H and O–H groups in total. The van der Waals surface area contributed by atoms with Crippen molar-refractivity contribution in [2.45, 2.75) is 26.1 Å². The van der Waals surface area contributed by atoms with E-state index in [0.717, 1.165) is 0 Å². The summed E-state index contributed by atoms with van der Waals surface area (Å²) in [6.45, 7) is 3.18. The first kappa shape index (κ1) is 9.36. The van der Waals surface area contributed by atoms with E-state index in [1.807, 2.05) is 0 Å². The summed E-state index contributed by atoms with van der Waals surface area (Å²) < 4.78 is 12.7. The zero-order chi connectivity index (χ0) is 8.31. The van der Waals surface area contributed by atoms with Gasteiger partial charge in [0.05, 0.1) is 0 Å². The molecule has 0 spiro atoms. The number of hydrogen-bond donors (Lipinski definition) is 2. The van der Waals surface area contributed by atoms with Crippen molar-refractivity contribution in [2.24, 2.45) is 11.7 Å². The Morgan fingerprint density at radius 1 is 1.60 bits per heavy atom. The lowest BCUT2D eigenvalue weighted by atomic mass is 10.0. The van der Waals surface area contributed by atoms with Gasteiger partial charge in [-0.25, -0.2) is 4.39 Å². The molecule has 0 aliphatic rings. The lowest BCUT2D eigenvalue weighted by Crippen LogP contribution is -2.41. The first-order chi connectivity index (χ1) is 4.46. The van der Waals surface area contributed by atoms with Crippen LogP contribution in [0.3, 0.4) is 0 Å². The number of carboxylic acid groups (broad SMARTS) is 1. The standard InChI is InChI=1S/C6H12FNO2/c1-3(2)4(7)5(8)6(9)10/h3-5H,8H2,1-2H3,(H,9,10)/t4-,5+/m1/s1. The van der Waals surface area contributed by atoms with E-state index < -0.39 is 18.2 Å². The average Bonchev–Trinajstić information content (AvgIpc) is 1.84. The molecule has 0 aromatic rings. The Kier molecular flexibility index (Phi) is 3.28. The summed E-state index contributed by atoms with van der Waals surface area (Å²) >= 11 is 0. The molecule has 0 rings (SSSR count). The zero-order valence-electron chi connectivity index (χ0n) is 6.04. The Balaban J connectivity index is 3.94. The molecule has 0 radical (unpaired) electrons. The second-order valence-corrected chi connectivity index (χ2v) is 2.55. The van der Waals surface area contributed by atoms with Crippen LogP contribution in [0.25, 0.3) is 0 Å². The molecule has 0 aliphatic carbocycles. The molecule has 0 heterocycles. The van der Waals surface area contributed by atoms with E-state index in [-0.39, 0.29) is 5.92 Å². The fourth-order valence-electron chi connectivity index (χ4n) is 0.551. The van der Waals surface area contributed by atoms with Crippen molar-refractivity contribution < 1.29 is 14.3 Å². The van der Waals surface area contributed by atoms with Crippen molar-refractivity contribution in [3.8, 4) is 0 Å². The normalized spacial score (nSPS) is 16.9. The third kappa shape index (κ3) is 2.31. The number of halogens is 1. The minimum Gasteiger partial charge on any atom is -0.480 e. The summed E-state index contributed by atoms with van der Waals surface area (Å²) in [4.78, 5) is 10.1. The summed E-state index contributed by atoms with van der Waals surface area (Å²) in [5.41, 5.74) is 4.99. The van der Waals surface area contributed by atoms with Gasteiger partial charge in [0, 0.05) is 0 Å². The SMILES string of the molecule is CC(C)[C@@H](F)[C@H](N)C(=O)O. The van der Waals surface area contributed by atoms with Crippen LogP contribution in [0, 0.1) is 5.92 Å². The van der Waals surface area contributed by atoms with Crippen molar-refractivity contribution >= 4 is 5.97 Å². The predicted molar refractivity (Wildman–Crippen MR) is 35.3 cm³/mol. The monoisotopic (exact) mass is 149 g/mol. The first-order valence-corrected chi connectivity index (χ1v) is 3.09. The largest absolute Gasteiger partial charge is 0.480 e. The zero-order valence-corrected chi connectivity index (χ0v) is 6.04. The van der Waals surface area contributed by atoms with Crippen LogP contribution < -0.4 is 5.73 Å². The van der Waals surface area contributed by atoms with Crippen molar-refractivity contribution in [1.29, 1.82) is 0 Å². The number of carbonyl (C=O) groups is 1. The Morgan fingerprint density at radius 2 is 2.00 bits per heavy atom. The van der Waals surface area contributed by atoms with Crippen LogP contribution in [-0.2, 0) is 4.79 Å². The molecule has 0 saturated carbocycles. The third-order valence-electron chi connectivity index (χ3n) is 1.27. The number of hydrogen-bond acceptors (Lipinski definition) is 2. The number of alkyl halides is 1. The van der Waals surface area contributed by atoms with Crippen molar-refractivity contribution in [3.63, 3.8) is 0 Å². The number of rotatable bonds is 3. The van der Waals surface area contributed by atoms with Crippen LogP contribution in [0.4, 0.5) is 4.39 Å². The lowest BCUT2D eigenvalue weighted by molar-refractivity contribution is -0.140. The third-order valence-corrected chi connectivity index (χ3v) is 1.27. The summed E-state index contributed by atoms with van der Waals surface area (Å²) in [7, 11) is 0. The van der Waals surface area contributed by atoms with Crippen LogP contribution in [-0.4, -0.2) is 23.3 Å². The second kappa shape index (κ2) is 3.51. The van der Waals surface area contributed by atoms with Gasteiger partial charge in [-0.1, -0.05) is 13.8 Å². The van der Waals surface area contributed by atoms with Gasteiger partial charge < -0.3 is 10.8 Å². The van der Waals surface area contributed by atoms with Crippen molar-refractivity contribution in [2.75, 3.05) is 0 Å². The highest BCUT2D eigenvalue weighted by Crippen LogP contribution is 2.08. The number of aliphatic carboxylic acids is 1. The highest BCUT2D eigenvalue weighted by atomic mass is 19.1. The van der Waals surface area contributed by atoms with Gasteiger partial charge in [-0.3, -0.25) is 4.79 Å². The topological polar surface area (TPSA) is 63.3 Å². The molecule has 0 bridgehead atoms. The molecule has 0 aromatic heterocycles. The van der Waals surface area contributed by atoms with Crippen molar-refractivity contribution in [1.82, 2.24) is 0 Å². The molecule has 0 aliphatic heterocycles. The van der Waals surface area contributed by atoms with Crippen LogP contribution in [0.15, 0.2) is 0 Å². The molecule has 10 heavy (non-hydrogen) atoms. The lowest BCUT2D eigenvalue weighted by Gasteiger charge is -2.15. The van der Waals surface area contributed by atoms with Crippen LogP contribution in [0.5, 0.6) is 0 Å². The Bertz CT molecular complexity index is 127. The van der Waals surface area contributed by atoms with E-state index in [4.69, 9.17) is 10.8 Å². The molecule has 0 amide bonds. The maximum absolute atomic E-state index is 12.7. The van der Waals surface area contributed by atoms with Crippen LogP contribution in [0.2, 0.25) is 0 Å². The Morgan fingerprint density at radius 3 is 2.10 bits per heavy atom. The fraction of sp³-hybridized carbons (Fsp3) is 0.833. The highest BCUT2D eigenvalue weighted by Gasteiger charge is 2.26. The van der Waals surface area contributed by atoms with Gasteiger partial charge in [0.1, 0.15) is 12.2 Å². The molecule has 4 heteroatoms. The molecule has 0 fully saturated rings. The van der Waals surface area contributed by atoms with Gasteiger partial charge >= 0.3 is 5.97 Å². The molecule has 3 nitrogen and oxygen atoms in total. The minimum atomic E-state index is -1.46.